The van der Waals surface area contributed by atoms with Crippen LogP contribution >= 0.6 is 0 Å². The maximum atomic E-state index is 12.5. The second-order valence-corrected chi connectivity index (χ2v) is 7.12. The Morgan fingerprint density at radius 1 is 1.03 bits per heavy atom. The van der Waals surface area contributed by atoms with Gasteiger partial charge < -0.3 is 24.4 Å². The van der Waals surface area contributed by atoms with E-state index in [1.807, 2.05) is 13.8 Å². The third-order valence-corrected chi connectivity index (χ3v) is 4.61. The SMILES string of the molecule is COc1cc(/C=C/C(=O)N2CCN(CC(=O)NC(C)C)CC2)cc(OC)c1OC. The summed E-state index contributed by atoms with van der Waals surface area (Å²) >= 11 is 0. The summed E-state index contributed by atoms with van der Waals surface area (Å²) in [6, 6.07) is 3.71. The van der Waals surface area contributed by atoms with E-state index in [9.17, 15) is 9.59 Å². The van der Waals surface area contributed by atoms with E-state index in [1.54, 1.807) is 50.5 Å². The molecule has 0 aliphatic carbocycles. The lowest BCUT2D eigenvalue weighted by Crippen LogP contribution is -2.51. The number of hydrogen-bond acceptors (Lipinski definition) is 6. The van der Waals surface area contributed by atoms with Crippen molar-refractivity contribution in [3.05, 3.63) is 23.8 Å². The zero-order chi connectivity index (χ0) is 21.4. The van der Waals surface area contributed by atoms with Gasteiger partial charge in [-0.2, -0.15) is 0 Å². The number of piperazine rings is 1. The van der Waals surface area contributed by atoms with Crippen molar-refractivity contribution in [3.63, 3.8) is 0 Å². The molecule has 160 valence electrons. The van der Waals surface area contributed by atoms with Crippen molar-refractivity contribution in [2.45, 2.75) is 19.9 Å². The fraction of sp³-hybridized carbons (Fsp3) is 0.524. The molecule has 1 aliphatic heterocycles. The zero-order valence-electron chi connectivity index (χ0n) is 17.9. The van der Waals surface area contributed by atoms with Crippen LogP contribution in [-0.2, 0) is 9.59 Å². The molecule has 0 saturated carbocycles. The van der Waals surface area contributed by atoms with Gasteiger partial charge in [0.05, 0.1) is 27.9 Å². The van der Waals surface area contributed by atoms with Crippen molar-refractivity contribution in [3.8, 4) is 17.2 Å². The van der Waals surface area contributed by atoms with E-state index in [0.717, 1.165) is 5.56 Å². The molecular weight excluding hydrogens is 374 g/mol. The normalized spacial score (nSPS) is 14.9. The fourth-order valence-electron chi connectivity index (χ4n) is 3.17. The summed E-state index contributed by atoms with van der Waals surface area (Å²) in [6.07, 6.45) is 3.27. The predicted molar refractivity (Wildman–Crippen MR) is 111 cm³/mol. The number of rotatable bonds is 8. The summed E-state index contributed by atoms with van der Waals surface area (Å²) in [5, 5.41) is 2.89. The number of hydrogen-bond donors (Lipinski definition) is 1. The number of amides is 2. The van der Waals surface area contributed by atoms with Gasteiger partial charge >= 0.3 is 0 Å². The third-order valence-electron chi connectivity index (χ3n) is 4.61. The molecular formula is C21H31N3O5. The Morgan fingerprint density at radius 2 is 1.62 bits per heavy atom. The van der Waals surface area contributed by atoms with Gasteiger partial charge in [-0.1, -0.05) is 0 Å². The third kappa shape index (κ3) is 6.39. The van der Waals surface area contributed by atoms with Gasteiger partial charge in [-0.05, 0) is 37.6 Å². The minimum absolute atomic E-state index is 0.0158. The first-order valence-corrected chi connectivity index (χ1v) is 9.66. The zero-order valence-corrected chi connectivity index (χ0v) is 17.9. The Balaban J connectivity index is 1.94. The highest BCUT2D eigenvalue weighted by molar-refractivity contribution is 5.92. The Labute approximate surface area is 172 Å². The van der Waals surface area contributed by atoms with Crippen molar-refractivity contribution >= 4 is 17.9 Å². The van der Waals surface area contributed by atoms with Gasteiger partial charge in [-0.3, -0.25) is 14.5 Å². The Hall–Kier alpha value is -2.74. The van der Waals surface area contributed by atoms with E-state index in [2.05, 4.69) is 10.2 Å². The van der Waals surface area contributed by atoms with Crippen LogP contribution in [0.25, 0.3) is 6.08 Å². The summed E-state index contributed by atoms with van der Waals surface area (Å²) in [7, 11) is 4.65. The Kier molecular flexibility index (Phi) is 8.33. The van der Waals surface area contributed by atoms with Gasteiger partial charge in [-0.15, -0.1) is 0 Å². The topological polar surface area (TPSA) is 80.3 Å². The van der Waals surface area contributed by atoms with Crippen molar-refractivity contribution in [1.29, 1.82) is 0 Å². The van der Waals surface area contributed by atoms with Gasteiger partial charge in [0.1, 0.15) is 0 Å². The van der Waals surface area contributed by atoms with Crippen LogP contribution in [0.3, 0.4) is 0 Å². The highest BCUT2D eigenvalue weighted by Crippen LogP contribution is 2.38. The van der Waals surface area contributed by atoms with Crippen molar-refractivity contribution < 1.29 is 23.8 Å². The second kappa shape index (κ2) is 10.7. The minimum Gasteiger partial charge on any atom is -0.493 e. The molecule has 1 N–H and O–H groups in total. The standard InChI is InChI=1S/C21H31N3O5/c1-15(2)22-19(25)14-23-8-10-24(11-9-23)20(26)7-6-16-12-17(27-3)21(29-5)18(13-16)28-4/h6-7,12-13,15H,8-11,14H2,1-5H3,(H,22,25)/b7-6+. The van der Waals surface area contributed by atoms with Crippen LogP contribution in [0.15, 0.2) is 18.2 Å². The first-order valence-electron chi connectivity index (χ1n) is 9.66. The molecule has 8 nitrogen and oxygen atoms in total. The number of carbonyl (C=O) groups excluding carboxylic acids is 2. The first-order chi connectivity index (χ1) is 13.9. The quantitative estimate of drug-likeness (QED) is 0.659. The fourth-order valence-corrected chi connectivity index (χ4v) is 3.17. The Morgan fingerprint density at radius 3 is 2.10 bits per heavy atom. The average molecular weight is 405 g/mol. The van der Waals surface area contributed by atoms with Crippen LogP contribution in [0.2, 0.25) is 0 Å². The summed E-state index contributed by atoms with van der Waals surface area (Å²) in [5.74, 6) is 1.53. The highest BCUT2D eigenvalue weighted by atomic mass is 16.5. The minimum atomic E-state index is -0.0648. The van der Waals surface area contributed by atoms with E-state index in [-0.39, 0.29) is 17.9 Å². The van der Waals surface area contributed by atoms with Crippen molar-refractivity contribution in [2.24, 2.45) is 0 Å². The van der Waals surface area contributed by atoms with Gasteiger partial charge in [0.15, 0.2) is 11.5 Å². The molecule has 0 atom stereocenters. The smallest absolute Gasteiger partial charge is 0.246 e. The summed E-state index contributed by atoms with van der Waals surface area (Å²) in [6.45, 7) is 6.77. The molecule has 0 radical (unpaired) electrons. The van der Waals surface area contributed by atoms with E-state index in [4.69, 9.17) is 14.2 Å². The molecule has 1 heterocycles. The first kappa shape index (κ1) is 22.5. The van der Waals surface area contributed by atoms with Crippen LogP contribution in [0.4, 0.5) is 0 Å². The van der Waals surface area contributed by atoms with Crippen LogP contribution < -0.4 is 19.5 Å². The monoisotopic (exact) mass is 405 g/mol. The van der Waals surface area contributed by atoms with Gasteiger partial charge in [-0.25, -0.2) is 0 Å². The molecule has 2 rings (SSSR count). The van der Waals surface area contributed by atoms with E-state index in [1.165, 1.54) is 0 Å². The number of ether oxygens (including phenoxy) is 3. The maximum absolute atomic E-state index is 12.5. The molecule has 1 aliphatic rings. The van der Waals surface area contributed by atoms with Crippen molar-refractivity contribution in [1.82, 2.24) is 15.1 Å². The number of benzene rings is 1. The number of methoxy groups -OCH3 is 3. The predicted octanol–water partition coefficient (Wildman–Crippen LogP) is 1.39. The molecule has 8 heteroatoms. The molecule has 0 spiro atoms. The van der Waals surface area contributed by atoms with Gasteiger partial charge in [0.25, 0.3) is 0 Å². The lowest BCUT2D eigenvalue weighted by molar-refractivity contribution is -0.128. The van der Waals surface area contributed by atoms with E-state index >= 15 is 0 Å². The second-order valence-electron chi connectivity index (χ2n) is 7.12. The van der Waals surface area contributed by atoms with Crippen LogP contribution in [0, 0.1) is 0 Å². The highest BCUT2D eigenvalue weighted by Gasteiger charge is 2.21. The molecule has 1 aromatic rings. The molecule has 2 amide bonds. The molecule has 1 fully saturated rings. The van der Waals surface area contributed by atoms with Crippen molar-refractivity contribution in [2.75, 3.05) is 54.1 Å². The Bertz CT molecular complexity index is 715. The largest absolute Gasteiger partial charge is 0.493 e. The van der Waals surface area contributed by atoms with Crippen LogP contribution in [0.1, 0.15) is 19.4 Å². The number of nitrogens with one attached hydrogen (secondary N) is 1. The molecule has 1 saturated heterocycles. The summed E-state index contributed by atoms with van der Waals surface area (Å²) < 4.78 is 16.0. The molecule has 0 bridgehead atoms. The number of carbonyl (C=O) groups is 2. The van der Waals surface area contributed by atoms with E-state index in [0.29, 0.717) is 50.0 Å². The molecule has 1 aromatic carbocycles. The summed E-state index contributed by atoms with van der Waals surface area (Å²) in [5.41, 5.74) is 0.775. The molecule has 29 heavy (non-hydrogen) atoms. The maximum Gasteiger partial charge on any atom is 0.246 e. The van der Waals surface area contributed by atoms with Gasteiger partial charge in [0.2, 0.25) is 17.6 Å². The lowest BCUT2D eigenvalue weighted by atomic mass is 10.1. The van der Waals surface area contributed by atoms with E-state index < -0.39 is 0 Å². The van der Waals surface area contributed by atoms with Crippen LogP contribution in [0.5, 0.6) is 17.2 Å². The molecule has 0 unspecified atom stereocenters. The summed E-state index contributed by atoms with van der Waals surface area (Å²) in [4.78, 5) is 28.2. The molecule has 0 aromatic heterocycles. The number of nitrogens with zero attached hydrogens (tertiary/aromatic N) is 2. The van der Waals surface area contributed by atoms with Gasteiger partial charge in [0, 0.05) is 38.3 Å². The average Bonchev–Trinajstić information content (AvgIpc) is 2.70. The van der Waals surface area contributed by atoms with Crippen LogP contribution in [-0.4, -0.2) is 81.7 Å². The lowest BCUT2D eigenvalue weighted by Gasteiger charge is -2.33.